The van der Waals surface area contributed by atoms with E-state index in [2.05, 4.69) is 18.8 Å². The first-order chi connectivity index (χ1) is 10.0. The molecule has 0 amide bonds. The van der Waals surface area contributed by atoms with Crippen LogP contribution in [0.4, 0.5) is 11.5 Å². The topological polar surface area (TPSA) is 64.2 Å². The Hall–Kier alpha value is -2.30. The van der Waals surface area contributed by atoms with Crippen LogP contribution in [0.2, 0.25) is 0 Å². The number of hydrogen-bond acceptors (Lipinski definition) is 4. The normalized spacial score (nSPS) is 10.9. The zero-order chi connectivity index (χ0) is 15.4. The van der Waals surface area contributed by atoms with Crippen molar-refractivity contribution in [1.29, 1.82) is 0 Å². The van der Waals surface area contributed by atoms with Gasteiger partial charge in [-0.15, -0.1) is 0 Å². The highest BCUT2D eigenvalue weighted by molar-refractivity contribution is 5.42. The molecule has 1 heterocycles. The van der Waals surface area contributed by atoms with Crippen molar-refractivity contribution >= 4 is 11.5 Å². The molecule has 1 aromatic carbocycles. The predicted octanol–water partition coefficient (Wildman–Crippen LogP) is 2.26. The summed E-state index contributed by atoms with van der Waals surface area (Å²) < 4.78 is 1.67. The number of anilines is 2. The maximum atomic E-state index is 12.4. The van der Waals surface area contributed by atoms with Crippen molar-refractivity contribution in [2.24, 2.45) is 0 Å². The molecule has 0 fully saturated rings. The van der Waals surface area contributed by atoms with E-state index < -0.39 is 0 Å². The molecule has 2 N–H and O–H groups in total. The fourth-order valence-electron chi connectivity index (χ4n) is 2.20. The van der Waals surface area contributed by atoms with E-state index in [1.54, 1.807) is 17.0 Å². The zero-order valence-electron chi connectivity index (χ0n) is 12.8. The molecule has 0 aliphatic heterocycles. The Kier molecular flexibility index (Phi) is 4.62. The third kappa shape index (κ3) is 3.42. The lowest BCUT2D eigenvalue weighted by atomic mass is 10.1. The van der Waals surface area contributed by atoms with E-state index in [1.807, 2.05) is 36.1 Å². The van der Waals surface area contributed by atoms with E-state index in [-0.39, 0.29) is 11.6 Å². The maximum Gasteiger partial charge on any atom is 0.293 e. The summed E-state index contributed by atoms with van der Waals surface area (Å²) in [6.07, 6.45) is 3.39. The molecule has 5 heteroatoms. The summed E-state index contributed by atoms with van der Waals surface area (Å²) in [5.74, 6) is 0.492. The average Bonchev–Trinajstić information content (AvgIpc) is 2.47. The molecule has 0 radical (unpaired) electrons. The summed E-state index contributed by atoms with van der Waals surface area (Å²) in [5, 5.41) is 0. The van der Waals surface area contributed by atoms with Crippen LogP contribution >= 0.6 is 0 Å². The Morgan fingerprint density at radius 1 is 1.29 bits per heavy atom. The number of aryl methyl sites for hydroxylation is 1. The fraction of sp³-hybridized carbons (Fsp3) is 0.375. The minimum absolute atomic E-state index is 0.0517. The Labute approximate surface area is 125 Å². The van der Waals surface area contributed by atoms with E-state index >= 15 is 0 Å². The van der Waals surface area contributed by atoms with Crippen LogP contribution in [0, 0.1) is 0 Å². The summed E-state index contributed by atoms with van der Waals surface area (Å²) in [6, 6.07) is 7.88. The third-order valence-electron chi connectivity index (χ3n) is 3.46. The fourth-order valence-corrected chi connectivity index (χ4v) is 2.20. The number of nitrogens with zero attached hydrogens (tertiary/aromatic N) is 3. The van der Waals surface area contributed by atoms with Crippen LogP contribution in [-0.4, -0.2) is 15.6 Å². The van der Waals surface area contributed by atoms with Crippen LogP contribution in [0.3, 0.4) is 0 Å². The Bertz CT molecular complexity index is 646. The van der Waals surface area contributed by atoms with Crippen molar-refractivity contribution in [1.82, 2.24) is 9.55 Å². The molecule has 0 aliphatic carbocycles. The summed E-state index contributed by atoms with van der Waals surface area (Å²) in [5.41, 5.74) is 7.50. The smallest absolute Gasteiger partial charge is 0.293 e. The van der Waals surface area contributed by atoms with E-state index in [9.17, 15) is 4.79 Å². The highest BCUT2D eigenvalue weighted by Gasteiger charge is 2.17. The molecule has 0 aliphatic rings. The molecule has 0 unspecified atom stereocenters. The van der Waals surface area contributed by atoms with Gasteiger partial charge in [0.1, 0.15) is 0 Å². The number of rotatable bonds is 5. The molecule has 2 aromatic rings. The lowest BCUT2D eigenvalue weighted by Crippen LogP contribution is -2.37. The minimum atomic E-state index is -0.0517. The monoisotopic (exact) mass is 286 g/mol. The van der Waals surface area contributed by atoms with Crippen LogP contribution in [0.5, 0.6) is 0 Å². The van der Waals surface area contributed by atoms with E-state index in [1.165, 1.54) is 0 Å². The van der Waals surface area contributed by atoms with Gasteiger partial charge in [-0.3, -0.25) is 4.79 Å². The van der Waals surface area contributed by atoms with Gasteiger partial charge in [0.2, 0.25) is 0 Å². The predicted molar refractivity (Wildman–Crippen MR) is 86.3 cm³/mol. The summed E-state index contributed by atoms with van der Waals surface area (Å²) >= 11 is 0. The summed E-state index contributed by atoms with van der Waals surface area (Å²) in [6.45, 7) is 7.34. The minimum Gasteiger partial charge on any atom is -0.399 e. The second-order valence-electron chi connectivity index (χ2n) is 5.31. The largest absolute Gasteiger partial charge is 0.399 e. The molecular formula is C16H22N4O. The van der Waals surface area contributed by atoms with Gasteiger partial charge in [0.15, 0.2) is 5.82 Å². The number of nitrogens with two attached hydrogens (primary N) is 1. The molecule has 1 aromatic heterocycles. The quantitative estimate of drug-likeness (QED) is 0.856. The Morgan fingerprint density at radius 3 is 2.52 bits per heavy atom. The molecule has 0 atom stereocenters. The lowest BCUT2D eigenvalue weighted by Gasteiger charge is -2.27. The zero-order valence-corrected chi connectivity index (χ0v) is 12.8. The molecule has 5 nitrogen and oxygen atoms in total. The van der Waals surface area contributed by atoms with Gasteiger partial charge in [-0.1, -0.05) is 12.1 Å². The van der Waals surface area contributed by atoms with Crippen molar-refractivity contribution in [3.8, 4) is 0 Å². The summed E-state index contributed by atoms with van der Waals surface area (Å²) in [4.78, 5) is 18.7. The lowest BCUT2D eigenvalue weighted by molar-refractivity contribution is 0.645. The van der Waals surface area contributed by atoms with Crippen molar-refractivity contribution in [3.63, 3.8) is 0 Å². The van der Waals surface area contributed by atoms with Gasteiger partial charge in [-0.2, -0.15) is 0 Å². The maximum absolute atomic E-state index is 12.4. The second kappa shape index (κ2) is 6.43. The van der Waals surface area contributed by atoms with Crippen LogP contribution in [0.1, 0.15) is 26.3 Å². The average molecular weight is 286 g/mol. The third-order valence-corrected chi connectivity index (χ3v) is 3.46. The number of benzene rings is 1. The summed E-state index contributed by atoms with van der Waals surface area (Å²) in [7, 11) is 0. The Morgan fingerprint density at radius 2 is 1.95 bits per heavy atom. The molecular weight excluding hydrogens is 264 g/mol. The second-order valence-corrected chi connectivity index (χ2v) is 5.31. The van der Waals surface area contributed by atoms with Gasteiger partial charge in [0.25, 0.3) is 5.56 Å². The van der Waals surface area contributed by atoms with Crippen molar-refractivity contribution in [2.45, 2.75) is 39.9 Å². The first-order valence-corrected chi connectivity index (χ1v) is 7.19. The van der Waals surface area contributed by atoms with E-state index in [0.29, 0.717) is 18.9 Å². The van der Waals surface area contributed by atoms with Crippen molar-refractivity contribution < 1.29 is 0 Å². The van der Waals surface area contributed by atoms with Crippen molar-refractivity contribution in [2.75, 3.05) is 10.6 Å². The van der Waals surface area contributed by atoms with Gasteiger partial charge in [-0.25, -0.2) is 4.98 Å². The van der Waals surface area contributed by atoms with Crippen LogP contribution in [-0.2, 0) is 13.1 Å². The first kappa shape index (κ1) is 15.1. The van der Waals surface area contributed by atoms with Crippen LogP contribution < -0.4 is 16.2 Å². The van der Waals surface area contributed by atoms with Crippen LogP contribution in [0.15, 0.2) is 41.5 Å². The van der Waals surface area contributed by atoms with E-state index in [4.69, 9.17) is 5.73 Å². The van der Waals surface area contributed by atoms with Crippen molar-refractivity contribution in [3.05, 3.63) is 52.6 Å². The SMILES string of the molecule is CCn1ccnc(N(Cc2ccc(N)cc2)C(C)C)c1=O. The number of aromatic nitrogens is 2. The number of hydrogen-bond donors (Lipinski definition) is 1. The molecule has 0 bridgehead atoms. The molecule has 0 spiro atoms. The van der Waals surface area contributed by atoms with Gasteiger partial charge in [-0.05, 0) is 38.5 Å². The highest BCUT2D eigenvalue weighted by Crippen LogP contribution is 2.15. The molecule has 112 valence electrons. The molecule has 2 rings (SSSR count). The first-order valence-electron chi connectivity index (χ1n) is 7.19. The number of nitrogen functional groups attached to an aromatic ring is 1. The Balaban J connectivity index is 2.36. The molecule has 0 saturated heterocycles. The van der Waals surface area contributed by atoms with Gasteiger partial charge < -0.3 is 15.2 Å². The van der Waals surface area contributed by atoms with Gasteiger partial charge in [0, 0.05) is 37.2 Å². The van der Waals surface area contributed by atoms with E-state index in [0.717, 1.165) is 11.3 Å². The highest BCUT2D eigenvalue weighted by atomic mass is 16.1. The molecule has 0 saturated carbocycles. The van der Waals surface area contributed by atoms with Gasteiger partial charge >= 0.3 is 0 Å². The standard InChI is InChI=1S/C16H22N4O/c1-4-19-10-9-18-15(16(19)21)20(12(2)3)11-13-5-7-14(17)8-6-13/h5-10,12H,4,11,17H2,1-3H3. The molecule has 21 heavy (non-hydrogen) atoms. The van der Waals surface area contributed by atoms with Gasteiger partial charge in [0.05, 0.1) is 0 Å². The van der Waals surface area contributed by atoms with Crippen LogP contribution in [0.25, 0.3) is 0 Å².